The number of anilines is 1. The number of carbonyl (C=O) groups is 1. The van der Waals surface area contributed by atoms with E-state index < -0.39 is 5.54 Å². The van der Waals surface area contributed by atoms with Crippen molar-refractivity contribution < 1.29 is 14.4 Å². The Morgan fingerprint density at radius 3 is 2.52 bits per heavy atom. The van der Waals surface area contributed by atoms with Crippen molar-refractivity contribution in [1.29, 1.82) is 0 Å². The lowest BCUT2D eigenvalue weighted by Gasteiger charge is -2.29. The third kappa shape index (κ3) is 5.03. The fourth-order valence-corrected chi connectivity index (χ4v) is 2.29. The van der Waals surface area contributed by atoms with Crippen molar-refractivity contribution in [3.05, 3.63) is 30.1 Å². The Balaban J connectivity index is 2.01. The molecule has 0 spiro atoms. The zero-order valence-electron chi connectivity index (χ0n) is 15.2. The monoisotopic (exact) mass is 346 g/mol. The van der Waals surface area contributed by atoms with Gasteiger partial charge in [-0.2, -0.15) is 4.98 Å². The van der Waals surface area contributed by atoms with Crippen molar-refractivity contribution in [2.75, 3.05) is 11.9 Å². The molecule has 0 radical (unpaired) electrons. The molecule has 7 heteroatoms. The van der Waals surface area contributed by atoms with E-state index in [1.165, 1.54) is 0 Å². The number of urea groups is 1. The maximum Gasteiger partial charge on any atom is 0.319 e. The lowest BCUT2D eigenvalue weighted by Crippen LogP contribution is -2.48. The standard InChI is InChI=1S/C18H26N4O3/c1-5-18(4,10-11-23)21-17(24)19-14-8-6-13(7-9-14)16-20-15(12(2)3)22-25-16/h6-9,12,23H,5,10-11H2,1-4H3,(H2,19,21,24). The minimum atomic E-state index is -0.435. The summed E-state index contributed by atoms with van der Waals surface area (Å²) < 4.78 is 5.26. The maximum atomic E-state index is 12.2. The van der Waals surface area contributed by atoms with Crippen LogP contribution in [-0.4, -0.2) is 33.4 Å². The van der Waals surface area contributed by atoms with Crippen LogP contribution in [0.1, 0.15) is 52.3 Å². The van der Waals surface area contributed by atoms with Crippen molar-refractivity contribution in [1.82, 2.24) is 15.5 Å². The van der Waals surface area contributed by atoms with Crippen LogP contribution in [0.15, 0.2) is 28.8 Å². The fraction of sp³-hybridized carbons (Fsp3) is 0.500. The number of hydrogen-bond acceptors (Lipinski definition) is 5. The highest BCUT2D eigenvalue weighted by molar-refractivity contribution is 5.90. The number of hydrogen-bond donors (Lipinski definition) is 3. The van der Waals surface area contributed by atoms with Crippen LogP contribution in [0.25, 0.3) is 11.5 Å². The smallest absolute Gasteiger partial charge is 0.319 e. The molecule has 2 amide bonds. The fourth-order valence-electron chi connectivity index (χ4n) is 2.29. The number of carbonyl (C=O) groups excluding carboxylic acids is 1. The van der Waals surface area contributed by atoms with Gasteiger partial charge in [0.2, 0.25) is 0 Å². The van der Waals surface area contributed by atoms with E-state index in [1.54, 1.807) is 12.1 Å². The van der Waals surface area contributed by atoms with E-state index in [0.717, 1.165) is 12.0 Å². The molecule has 1 atom stereocenters. The Kier molecular flexibility index (Phi) is 6.14. The summed E-state index contributed by atoms with van der Waals surface area (Å²) in [6.45, 7) is 7.92. The molecule has 0 fully saturated rings. The first-order chi connectivity index (χ1) is 11.9. The summed E-state index contributed by atoms with van der Waals surface area (Å²) in [4.78, 5) is 16.5. The Morgan fingerprint density at radius 2 is 2.00 bits per heavy atom. The van der Waals surface area contributed by atoms with Crippen LogP contribution in [0.4, 0.5) is 10.5 Å². The molecule has 7 nitrogen and oxygen atoms in total. The molecule has 25 heavy (non-hydrogen) atoms. The summed E-state index contributed by atoms with van der Waals surface area (Å²) >= 11 is 0. The van der Waals surface area contributed by atoms with Crippen molar-refractivity contribution in [2.24, 2.45) is 0 Å². The number of aromatic nitrogens is 2. The molecule has 0 aliphatic rings. The average Bonchev–Trinajstić information content (AvgIpc) is 3.06. The minimum absolute atomic E-state index is 0.0296. The first kappa shape index (κ1) is 18.9. The average molecular weight is 346 g/mol. The summed E-state index contributed by atoms with van der Waals surface area (Å²) in [7, 11) is 0. The van der Waals surface area contributed by atoms with Crippen LogP contribution < -0.4 is 10.6 Å². The number of rotatable bonds is 7. The SMILES string of the molecule is CCC(C)(CCO)NC(=O)Nc1ccc(-c2nc(C(C)C)no2)cc1. The highest BCUT2D eigenvalue weighted by Gasteiger charge is 2.23. The van der Waals surface area contributed by atoms with Gasteiger partial charge in [-0.15, -0.1) is 0 Å². The van der Waals surface area contributed by atoms with Crippen molar-refractivity contribution in [2.45, 2.75) is 52.0 Å². The van der Waals surface area contributed by atoms with Crippen LogP contribution in [-0.2, 0) is 0 Å². The van der Waals surface area contributed by atoms with Crippen LogP contribution in [0.2, 0.25) is 0 Å². The van der Waals surface area contributed by atoms with E-state index >= 15 is 0 Å². The first-order valence-electron chi connectivity index (χ1n) is 8.51. The second-order valence-electron chi connectivity index (χ2n) is 6.66. The van der Waals surface area contributed by atoms with Gasteiger partial charge < -0.3 is 20.3 Å². The van der Waals surface area contributed by atoms with Crippen LogP contribution in [0, 0.1) is 0 Å². The number of aliphatic hydroxyl groups excluding tert-OH is 1. The number of nitrogens with one attached hydrogen (secondary N) is 2. The van der Waals surface area contributed by atoms with E-state index in [1.807, 2.05) is 39.8 Å². The Hall–Kier alpha value is -2.41. The molecule has 2 rings (SSSR count). The molecule has 1 aromatic heterocycles. The van der Waals surface area contributed by atoms with Crippen LogP contribution in [0.5, 0.6) is 0 Å². The summed E-state index contributed by atoms with van der Waals surface area (Å²) in [5.41, 5.74) is 1.02. The molecule has 0 saturated heterocycles. The van der Waals surface area contributed by atoms with E-state index in [-0.39, 0.29) is 18.6 Å². The van der Waals surface area contributed by atoms with Gasteiger partial charge in [-0.1, -0.05) is 25.9 Å². The molecule has 136 valence electrons. The van der Waals surface area contributed by atoms with Gasteiger partial charge in [-0.05, 0) is 44.0 Å². The van der Waals surface area contributed by atoms with Crippen LogP contribution >= 0.6 is 0 Å². The van der Waals surface area contributed by atoms with E-state index in [9.17, 15) is 4.79 Å². The van der Waals surface area contributed by atoms with E-state index in [4.69, 9.17) is 9.63 Å². The molecular formula is C18H26N4O3. The quantitative estimate of drug-likeness (QED) is 0.712. The number of aliphatic hydroxyl groups is 1. The summed E-state index contributed by atoms with van der Waals surface area (Å²) in [6, 6.07) is 6.90. The molecular weight excluding hydrogens is 320 g/mol. The Bertz CT molecular complexity index is 697. The maximum absolute atomic E-state index is 12.2. The van der Waals surface area contributed by atoms with Crippen molar-refractivity contribution >= 4 is 11.7 Å². The highest BCUT2D eigenvalue weighted by Crippen LogP contribution is 2.22. The summed E-state index contributed by atoms with van der Waals surface area (Å²) in [5, 5.41) is 18.8. The number of amides is 2. The second kappa shape index (κ2) is 8.11. The normalized spacial score (nSPS) is 13.5. The van der Waals surface area contributed by atoms with Crippen molar-refractivity contribution in [3.8, 4) is 11.5 Å². The third-order valence-corrected chi connectivity index (χ3v) is 4.21. The van der Waals surface area contributed by atoms with E-state index in [2.05, 4.69) is 20.8 Å². The second-order valence-corrected chi connectivity index (χ2v) is 6.66. The minimum Gasteiger partial charge on any atom is -0.396 e. The van der Waals surface area contributed by atoms with E-state index in [0.29, 0.717) is 23.8 Å². The molecule has 0 saturated carbocycles. The van der Waals surface area contributed by atoms with Gasteiger partial charge >= 0.3 is 6.03 Å². The first-order valence-corrected chi connectivity index (χ1v) is 8.51. The van der Waals surface area contributed by atoms with Gasteiger partial charge in [0.05, 0.1) is 0 Å². The largest absolute Gasteiger partial charge is 0.396 e. The number of benzene rings is 1. The van der Waals surface area contributed by atoms with Crippen molar-refractivity contribution in [3.63, 3.8) is 0 Å². The lowest BCUT2D eigenvalue weighted by molar-refractivity contribution is 0.208. The molecule has 0 bridgehead atoms. The summed E-state index contributed by atoms with van der Waals surface area (Å²) in [5.74, 6) is 1.33. The third-order valence-electron chi connectivity index (χ3n) is 4.21. The predicted octanol–water partition coefficient (Wildman–Crippen LogP) is 3.53. The zero-order chi connectivity index (χ0) is 18.4. The molecule has 0 aliphatic heterocycles. The predicted molar refractivity (Wildman–Crippen MR) is 96.4 cm³/mol. The van der Waals surface area contributed by atoms with Gasteiger partial charge in [0.25, 0.3) is 5.89 Å². The van der Waals surface area contributed by atoms with Gasteiger partial charge in [0.1, 0.15) is 0 Å². The topological polar surface area (TPSA) is 100 Å². The summed E-state index contributed by atoms with van der Waals surface area (Å²) in [6.07, 6.45) is 1.24. The molecule has 3 N–H and O–H groups in total. The highest BCUT2D eigenvalue weighted by atomic mass is 16.5. The Labute approximate surface area is 147 Å². The van der Waals surface area contributed by atoms with Gasteiger partial charge in [-0.25, -0.2) is 4.79 Å². The zero-order valence-corrected chi connectivity index (χ0v) is 15.2. The molecule has 1 unspecified atom stereocenters. The molecule has 0 aliphatic carbocycles. The molecule has 1 aromatic carbocycles. The van der Waals surface area contributed by atoms with Gasteiger partial charge in [0.15, 0.2) is 5.82 Å². The Morgan fingerprint density at radius 1 is 1.32 bits per heavy atom. The molecule has 1 heterocycles. The van der Waals surface area contributed by atoms with Gasteiger partial charge in [-0.3, -0.25) is 0 Å². The molecule has 2 aromatic rings. The lowest BCUT2D eigenvalue weighted by atomic mass is 9.95. The number of nitrogens with zero attached hydrogens (tertiary/aromatic N) is 2. The van der Waals surface area contributed by atoms with Gasteiger partial charge in [0, 0.05) is 29.3 Å². The van der Waals surface area contributed by atoms with Crippen LogP contribution in [0.3, 0.4) is 0 Å².